The molecule has 0 aliphatic carbocycles. The van der Waals surface area contributed by atoms with Crippen LogP contribution in [0.25, 0.3) is 0 Å². The molecule has 2 aromatic carbocycles. The summed E-state index contributed by atoms with van der Waals surface area (Å²) in [5.41, 5.74) is -0.175. The monoisotopic (exact) mass is 422 g/mol. The molecule has 0 aromatic heterocycles. The third kappa shape index (κ3) is 8.27. The van der Waals surface area contributed by atoms with Crippen LogP contribution in [0.3, 0.4) is 0 Å². The highest BCUT2D eigenvalue weighted by Crippen LogP contribution is 2.32. The van der Waals surface area contributed by atoms with Crippen molar-refractivity contribution in [3.8, 4) is 0 Å². The summed E-state index contributed by atoms with van der Waals surface area (Å²) in [7, 11) is 0. The Labute approximate surface area is 166 Å². The van der Waals surface area contributed by atoms with Crippen molar-refractivity contribution in [3.63, 3.8) is 0 Å². The van der Waals surface area contributed by atoms with Crippen molar-refractivity contribution in [2.24, 2.45) is 0 Å². The van der Waals surface area contributed by atoms with Crippen molar-refractivity contribution in [1.29, 1.82) is 0 Å². The lowest BCUT2D eigenvalue weighted by molar-refractivity contribution is -0.138. The van der Waals surface area contributed by atoms with Gasteiger partial charge >= 0.3 is 12.4 Å². The predicted molar refractivity (Wildman–Crippen MR) is 99.7 cm³/mol. The minimum absolute atomic E-state index is 0. The van der Waals surface area contributed by atoms with Crippen molar-refractivity contribution in [3.05, 3.63) is 69.8 Å². The number of hydrogen-bond donors (Lipinski definition) is 1. The molecule has 2 nitrogen and oxygen atoms in total. The molecular formula is C21H24F6O2. The van der Waals surface area contributed by atoms with Crippen LogP contribution in [-0.2, 0) is 12.4 Å². The van der Waals surface area contributed by atoms with Gasteiger partial charge < -0.3 is 5.11 Å². The number of aryl methyl sites for hydroxylation is 2. The average Bonchev–Trinajstić information content (AvgIpc) is 2.52. The highest BCUT2D eigenvalue weighted by atomic mass is 19.4. The molecule has 2 rings (SSSR count). The van der Waals surface area contributed by atoms with Crippen LogP contribution in [0.1, 0.15) is 65.6 Å². The van der Waals surface area contributed by atoms with E-state index < -0.39 is 29.6 Å². The average molecular weight is 422 g/mol. The van der Waals surface area contributed by atoms with E-state index in [1.165, 1.54) is 26.8 Å². The lowest BCUT2D eigenvalue weighted by Crippen LogP contribution is -2.07. The van der Waals surface area contributed by atoms with E-state index in [1.54, 1.807) is 13.0 Å². The zero-order valence-electron chi connectivity index (χ0n) is 15.7. The minimum atomic E-state index is -4.39. The summed E-state index contributed by atoms with van der Waals surface area (Å²) in [6.45, 7) is 5.78. The van der Waals surface area contributed by atoms with Gasteiger partial charge in [0.05, 0.1) is 17.2 Å². The van der Waals surface area contributed by atoms with Gasteiger partial charge in [-0.3, -0.25) is 4.79 Å². The number of carbonyl (C=O) groups excluding carboxylic acids is 1. The van der Waals surface area contributed by atoms with Crippen LogP contribution in [0.2, 0.25) is 0 Å². The first-order chi connectivity index (χ1) is 12.6. The number of hydrogen-bond acceptors (Lipinski definition) is 2. The van der Waals surface area contributed by atoms with Crippen molar-refractivity contribution < 1.29 is 36.2 Å². The van der Waals surface area contributed by atoms with Crippen molar-refractivity contribution >= 4 is 5.78 Å². The molecule has 162 valence electrons. The maximum atomic E-state index is 12.3. The molecule has 0 saturated heterocycles. The maximum absolute atomic E-state index is 12.3. The molecular weight excluding hydrogens is 398 g/mol. The fraction of sp³-hybridized carbons (Fsp3) is 0.381. The third-order valence-corrected chi connectivity index (χ3v) is 3.72. The van der Waals surface area contributed by atoms with E-state index in [9.17, 15) is 36.2 Å². The molecule has 0 spiro atoms. The molecule has 0 saturated carbocycles. The quantitative estimate of drug-likeness (QED) is 0.421. The highest BCUT2D eigenvalue weighted by Gasteiger charge is 2.31. The first-order valence-corrected chi connectivity index (χ1v) is 8.18. The van der Waals surface area contributed by atoms with E-state index in [0.717, 1.165) is 24.3 Å². The van der Waals surface area contributed by atoms with Crippen LogP contribution >= 0.6 is 0 Å². The Morgan fingerprint density at radius 1 is 0.828 bits per heavy atom. The Balaban J connectivity index is 0.000000523. The summed E-state index contributed by atoms with van der Waals surface area (Å²) in [6, 6.07) is 6.91. The molecule has 0 radical (unpaired) electrons. The molecule has 29 heavy (non-hydrogen) atoms. The Morgan fingerprint density at radius 2 is 1.24 bits per heavy atom. The number of benzene rings is 2. The van der Waals surface area contributed by atoms with Gasteiger partial charge in [-0.2, -0.15) is 26.3 Å². The molecule has 0 aliphatic rings. The van der Waals surface area contributed by atoms with E-state index in [-0.39, 0.29) is 24.3 Å². The Kier molecular flexibility index (Phi) is 9.11. The van der Waals surface area contributed by atoms with Crippen molar-refractivity contribution in [2.45, 2.75) is 53.6 Å². The van der Waals surface area contributed by atoms with Crippen LogP contribution in [0.4, 0.5) is 26.3 Å². The summed E-state index contributed by atoms with van der Waals surface area (Å²) in [6.07, 6.45) is -9.62. The fourth-order valence-electron chi connectivity index (χ4n) is 2.37. The Bertz CT molecular complexity index is 836. The van der Waals surface area contributed by atoms with Gasteiger partial charge in [-0.05, 0) is 69.2 Å². The summed E-state index contributed by atoms with van der Waals surface area (Å²) < 4.78 is 73.9. The molecule has 0 fully saturated rings. The molecule has 8 heteroatoms. The normalized spacial score (nSPS) is 12.4. The molecule has 2 aromatic rings. The second-order valence-corrected chi connectivity index (χ2v) is 6.45. The number of rotatable bonds is 2. The standard InChI is InChI=1S/C10H11F3O.C10H9F3O.CH4/c2*1-6-3-8(7(2)14)5-9(4-6)10(11,12)13;/h3-5,7,14H,1-2H3;3-5H,1-2H3;1H4/t7-;;/m1../s1. The highest BCUT2D eigenvalue weighted by molar-refractivity contribution is 5.94. The molecule has 0 amide bonds. The van der Waals surface area contributed by atoms with Crippen LogP contribution in [0.15, 0.2) is 36.4 Å². The second-order valence-electron chi connectivity index (χ2n) is 6.45. The number of aliphatic hydroxyl groups is 1. The first-order valence-electron chi connectivity index (χ1n) is 8.18. The van der Waals surface area contributed by atoms with Gasteiger partial charge in [0.1, 0.15) is 0 Å². The van der Waals surface area contributed by atoms with Crippen LogP contribution in [0.5, 0.6) is 0 Å². The minimum Gasteiger partial charge on any atom is -0.389 e. The van der Waals surface area contributed by atoms with E-state index in [2.05, 4.69) is 0 Å². The number of alkyl halides is 6. The predicted octanol–water partition coefficient (Wildman–Crippen LogP) is 6.92. The number of ketones is 1. The lowest BCUT2D eigenvalue weighted by Gasteiger charge is -2.11. The number of aliphatic hydroxyl groups excluding tert-OH is 1. The zero-order valence-corrected chi connectivity index (χ0v) is 15.7. The number of carbonyl (C=O) groups is 1. The van der Waals surface area contributed by atoms with Crippen molar-refractivity contribution in [2.75, 3.05) is 0 Å². The lowest BCUT2D eigenvalue weighted by atomic mass is 10.0. The first kappa shape index (κ1) is 26.6. The third-order valence-electron chi connectivity index (χ3n) is 3.72. The largest absolute Gasteiger partial charge is 0.416 e. The summed E-state index contributed by atoms with van der Waals surface area (Å²) in [5.74, 6) is -0.362. The second kappa shape index (κ2) is 9.91. The maximum Gasteiger partial charge on any atom is 0.416 e. The summed E-state index contributed by atoms with van der Waals surface area (Å²) in [4.78, 5) is 10.9. The fourth-order valence-corrected chi connectivity index (χ4v) is 2.37. The molecule has 1 N–H and O–H groups in total. The van der Waals surface area contributed by atoms with Gasteiger partial charge in [0.15, 0.2) is 5.78 Å². The number of Topliss-reactive ketones (excluding diaryl/α,β-unsaturated/α-hetero) is 1. The Hall–Kier alpha value is -2.35. The van der Waals surface area contributed by atoms with Gasteiger partial charge in [-0.25, -0.2) is 0 Å². The van der Waals surface area contributed by atoms with E-state index in [1.807, 2.05) is 0 Å². The van der Waals surface area contributed by atoms with Crippen LogP contribution < -0.4 is 0 Å². The van der Waals surface area contributed by atoms with Crippen molar-refractivity contribution in [1.82, 2.24) is 0 Å². The van der Waals surface area contributed by atoms with Gasteiger partial charge in [-0.15, -0.1) is 0 Å². The van der Waals surface area contributed by atoms with Gasteiger partial charge in [0.2, 0.25) is 0 Å². The summed E-state index contributed by atoms with van der Waals surface area (Å²) in [5, 5.41) is 9.17. The molecule has 1 atom stereocenters. The molecule has 0 unspecified atom stereocenters. The topological polar surface area (TPSA) is 37.3 Å². The molecule has 0 aliphatic heterocycles. The van der Waals surface area contributed by atoms with Crippen LogP contribution in [0, 0.1) is 13.8 Å². The SMILES string of the molecule is C.CC(=O)c1cc(C)cc(C(F)(F)F)c1.Cc1cc([C@@H](C)O)cc(C(F)(F)F)c1. The van der Waals surface area contributed by atoms with E-state index in [4.69, 9.17) is 0 Å². The van der Waals surface area contributed by atoms with Gasteiger partial charge in [0, 0.05) is 5.56 Å². The molecule has 0 heterocycles. The number of halogens is 6. The van der Waals surface area contributed by atoms with Gasteiger partial charge in [-0.1, -0.05) is 19.1 Å². The summed E-state index contributed by atoms with van der Waals surface area (Å²) >= 11 is 0. The van der Waals surface area contributed by atoms with E-state index in [0.29, 0.717) is 11.1 Å². The smallest absolute Gasteiger partial charge is 0.389 e. The van der Waals surface area contributed by atoms with E-state index >= 15 is 0 Å². The zero-order chi connectivity index (χ0) is 21.9. The Morgan fingerprint density at radius 3 is 1.62 bits per heavy atom. The van der Waals surface area contributed by atoms with Gasteiger partial charge in [0.25, 0.3) is 0 Å². The van der Waals surface area contributed by atoms with Crippen LogP contribution in [-0.4, -0.2) is 10.9 Å². The molecule has 0 bridgehead atoms.